The van der Waals surface area contributed by atoms with Crippen LogP contribution < -0.4 is 4.57 Å². The lowest BCUT2D eigenvalue weighted by Gasteiger charge is -2.02. The molecule has 1 aromatic heterocycles. The fourth-order valence-electron chi connectivity index (χ4n) is 1.52. The van der Waals surface area contributed by atoms with Crippen molar-refractivity contribution in [2.24, 2.45) is 0 Å². The van der Waals surface area contributed by atoms with Crippen molar-refractivity contribution in [1.29, 1.82) is 0 Å². The number of aryl methyl sites for hydroxylation is 1. The van der Waals surface area contributed by atoms with E-state index in [1.54, 1.807) is 0 Å². The van der Waals surface area contributed by atoms with Crippen LogP contribution in [0.2, 0.25) is 0 Å². The fraction of sp³-hybridized carbons (Fsp3) is 0.583. The first kappa shape index (κ1) is 11.2. The van der Waals surface area contributed by atoms with Gasteiger partial charge in [-0.3, -0.25) is 0 Å². The number of aromatic nitrogens is 1. The zero-order chi connectivity index (χ0) is 10.2. The maximum Gasteiger partial charge on any atom is 0.181 e. The normalized spacial score (nSPS) is 10.4. The van der Waals surface area contributed by atoms with E-state index < -0.39 is 0 Å². The van der Waals surface area contributed by atoms with E-state index >= 15 is 0 Å². The Balaban J connectivity index is 2.55. The summed E-state index contributed by atoms with van der Waals surface area (Å²) in [6, 6.07) is 6.36. The summed E-state index contributed by atoms with van der Waals surface area (Å²) < 4.78 is 7.63. The molecule has 78 valence electrons. The third-order valence-electron chi connectivity index (χ3n) is 2.22. The van der Waals surface area contributed by atoms with Crippen molar-refractivity contribution in [3.8, 4) is 0 Å². The Labute approximate surface area is 86.5 Å². The van der Waals surface area contributed by atoms with Gasteiger partial charge in [-0.25, -0.2) is 4.57 Å². The molecule has 1 aromatic rings. The van der Waals surface area contributed by atoms with Gasteiger partial charge in [0, 0.05) is 25.2 Å². The molecule has 0 atom stereocenters. The molecule has 1 rings (SSSR count). The lowest BCUT2D eigenvalue weighted by Crippen LogP contribution is -2.39. The van der Waals surface area contributed by atoms with Crippen molar-refractivity contribution in [1.82, 2.24) is 0 Å². The molecule has 0 aliphatic carbocycles. The average Bonchev–Trinajstić information content (AvgIpc) is 2.21. The van der Waals surface area contributed by atoms with Crippen molar-refractivity contribution < 1.29 is 9.30 Å². The molecule has 0 N–H and O–H groups in total. The van der Waals surface area contributed by atoms with Crippen LogP contribution in [0.1, 0.15) is 26.0 Å². The van der Waals surface area contributed by atoms with E-state index in [9.17, 15) is 0 Å². The summed E-state index contributed by atoms with van der Waals surface area (Å²) in [4.78, 5) is 0. The van der Waals surface area contributed by atoms with Gasteiger partial charge in [0.25, 0.3) is 0 Å². The minimum atomic E-state index is 0.802. The highest BCUT2D eigenvalue weighted by Crippen LogP contribution is 1.95. The summed E-state index contributed by atoms with van der Waals surface area (Å²) in [5.74, 6) is 0. The highest BCUT2D eigenvalue weighted by molar-refractivity contribution is 4.97. The van der Waals surface area contributed by atoms with E-state index in [1.807, 2.05) is 6.92 Å². The minimum Gasteiger partial charge on any atom is -0.375 e. The summed E-state index contributed by atoms with van der Waals surface area (Å²) in [7, 11) is 0. The first-order valence-electron chi connectivity index (χ1n) is 5.43. The van der Waals surface area contributed by atoms with Gasteiger partial charge < -0.3 is 4.74 Å². The van der Waals surface area contributed by atoms with Gasteiger partial charge in [0.15, 0.2) is 18.4 Å². The summed E-state index contributed by atoms with van der Waals surface area (Å²) in [5, 5.41) is 0. The van der Waals surface area contributed by atoms with Gasteiger partial charge in [-0.15, -0.1) is 0 Å². The Kier molecular flexibility index (Phi) is 5.23. The molecule has 0 saturated heterocycles. The van der Waals surface area contributed by atoms with Gasteiger partial charge in [-0.05, 0) is 13.3 Å². The predicted octanol–water partition coefficient (Wildman–Crippen LogP) is 1.96. The van der Waals surface area contributed by atoms with E-state index in [1.165, 1.54) is 12.1 Å². The molecule has 0 radical (unpaired) electrons. The van der Waals surface area contributed by atoms with Crippen molar-refractivity contribution in [3.05, 3.63) is 30.1 Å². The van der Waals surface area contributed by atoms with Gasteiger partial charge in [-0.1, -0.05) is 13.0 Å². The Morgan fingerprint density at radius 3 is 2.86 bits per heavy atom. The zero-order valence-corrected chi connectivity index (χ0v) is 9.20. The van der Waals surface area contributed by atoms with Gasteiger partial charge in [0.05, 0.1) is 0 Å². The van der Waals surface area contributed by atoms with E-state index in [2.05, 4.69) is 35.9 Å². The van der Waals surface area contributed by atoms with Gasteiger partial charge in [-0.2, -0.15) is 0 Å². The second-order valence-corrected chi connectivity index (χ2v) is 3.33. The topological polar surface area (TPSA) is 13.1 Å². The molecule has 2 heteroatoms. The average molecular weight is 194 g/mol. The molecule has 14 heavy (non-hydrogen) atoms. The molecule has 0 aliphatic heterocycles. The SMILES string of the molecule is CCCc1cccc[n+]1CCOCC. The number of rotatable bonds is 6. The fourth-order valence-corrected chi connectivity index (χ4v) is 1.52. The molecule has 0 saturated carbocycles. The number of hydrogen-bond acceptors (Lipinski definition) is 1. The molecule has 1 heterocycles. The first-order chi connectivity index (χ1) is 6.88. The Morgan fingerprint density at radius 2 is 2.14 bits per heavy atom. The summed E-state index contributed by atoms with van der Waals surface area (Å²) in [6.45, 7) is 6.81. The highest BCUT2D eigenvalue weighted by Gasteiger charge is 2.07. The number of hydrogen-bond donors (Lipinski definition) is 0. The van der Waals surface area contributed by atoms with Crippen molar-refractivity contribution in [2.75, 3.05) is 13.2 Å². The molecular formula is C12H20NO+. The van der Waals surface area contributed by atoms with Crippen molar-refractivity contribution in [2.45, 2.75) is 33.2 Å². The molecule has 0 fully saturated rings. The van der Waals surface area contributed by atoms with Gasteiger partial charge in [0.1, 0.15) is 6.61 Å². The summed E-state index contributed by atoms with van der Waals surface area (Å²) in [5.41, 5.74) is 1.40. The second kappa shape index (κ2) is 6.55. The number of pyridine rings is 1. The largest absolute Gasteiger partial charge is 0.375 e. The van der Waals surface area contributed by atoms with Crippen molar-refractivity contribution >= 4 is 0 Å². The van der Waals surface area contributed by atoms with Crippen LogP contribution in [-0.4, -0.2) is 13.2 Å². The quantitative estimate of drug-likeness (QED) is 0.498. The Hall–Kier alpha value is -0.890. The maximum atomic E-state index is 5.35. The van der Waals surface area contributed by atoms with Crippen molar-refractivity contribution in [3.63, 3.8) is 0 Å². The van der Waals surface area contributed by atoms with E-state index in [0.29, 0.717) is 0 Å². The number of nitrogens with zero attached hydrogens (tertiary/aromatic N) is 1. The van der Waals surface area contributed by atoms with Crippen LogP contribution in [0.25, 0.3) is 0 Å². The van der Waals surface area contributed by atoms with Crippen LogP contribution in [-0.2, 0) is 17.7 Å². The molecule has 0 bridgehead atoms. The summed E-state index contributed by atoms with van der Waals surface area (Å²) >= 11 is 0. The molecular weight excluding hydrogens is 174 g/mol. The van der Waals surface area contributed by atoms with Crippen LogP contribution in [0.4, 0.5) is 0 Å². The Bertz CT molecular complexity index is 260. The lowest BCUT2D eigenvalue weighted by atomic mass is 10.2. The van der Waals surface area contributed by atoms with Crippen LogP contribution in [0.15, 0.2) is 24.4 Å². The second-order valence-electron chi connectivity index (χ2n) is 3.33. The predicted molar refractivity (Wildman–Crippen MR) is 57.1 cm³/mol. The van der Waals surface area contributed by atoms with Gasteiger partial charge in [0.2, 0.25) is 0 Å². The Morgan fingerprint density at radius 1 is 1.29 bits per heavy atom. The monoisotopic (exact) mass is 194 g/mol. The van der Waals surface area contributed by atoms with Gasteiger partial charge >= 0.3 is 0 Å². The molecule has 0 spiro atoms. The first-order valence-corrected chi connectivity index (χ1v) is 5.43. The summed E-state index contributed by atoms with van der Waals surface area (Å²) in [6.07, 6.45) is 4.47. The molecule has 0 unspecified atom stereocenters. The van der Waals surface area contributed by atoms with Crippen LogP contribution in [0.5, 0.6) is 0 Å². The highest BCUT2D eigenvalue weighted by atomic mass is 16.5. The minimum absolute atomic E-state index is 0.802. The zero-order valence-electron chi connectivity index (χ0n) is 9.20. The lowest BCUT2D eigenvalue weighted by molar-refractivity contribution is -0.705. The van der Waals surface area contributed by atoms with E-state index in [4.69, 9.17) is 4.74 Å². The maximum absolute atomic E-state index is 5.35. The van der Waals surface area contributed by atoms with Crippen LogP contribution >= 0.6 is 0 Å². The molecule has 0 amide bonds. The molecule has 0 aromatic carbocycles. The molecule has 0 aliphatic rings. The van der Waals surface area contributed by atoms with E-state index in [0.717, 1.165) is 26.2 Å². The third kappa shape index (κ3) is 3.46. The third-order valence-corrected chi connectivity index (χ3v) is 2.22. The standard InChI is InChI=1S/C12H20NO/c1-3-7-12-8-5-6-9-13(12)10-11-14-4-2/h5-6,8-9H,3-4,7,10-11H2,1-2H3/q+1. The smallest absolute Gasteiger partial charge is 0.181 e. The molecule has 2 nitrogen and oxygen atoms in total. The van der Waals surface area contributed by atoms with Crippen LogP contribution in [0, 0.1) is 0 Å². The van der Waals surface area contributed by atoms with E-state index in [-0.39, 0.29) is 0 Å². The number of ether oxygens (including phenoxy) is 1. The van der Waals surface area contributed by atoms with Crippen LogP contribution in [0.3, 0.4) is 0 Å².